The SMILES string of the molecule is Cc1cc(OCC(C)C)ccc1/C([O-])=C1\C(=O)C(=O)N(CCC[NH+](C)C)C1c1ccccc1. The third-order valence-electron chi connectivity index (χ3n) is 5.75. The number of carbonyl (C=O) groups is 2. The van der Waals surface area contributed by atoms with Crippen molar-refractivity contribution in [3.63, 3.8) is 0 Å². The number of benzene rings is 2. The van der Waals surface area contributed by atoms with Gasteiger partial charge in [0.1, 0.15) is 5.75 Å². The maximum atomic E-state index is 13.6. The minimum atomic E-state index is -0.703. The number of nitrogens with one attached hydrogen (secondary N) is 1. The minimum Gasteiger partial charge on any atom is -0.872 e. The second kappa shape index (κ2) is 10.7. The molecule has 0 saturated carbocycles. The molecular formula is C27H34N2O4. The number of hydrogen-bond donors (Lipinski definition) is 1. The molecule has 1 aliphatic rings. The van der Waals surface area contributed by atoms with Crippen LogP contribution in [0.1, 0.15) is 43.0 Å². The Hall–Kier alpha value is -3.12. The highest BCUT2D eigenvalue weighted by atomic mass is 16.5. The number of aryl methyl sites for hydroxylation is 1. The second-order valence-electron chi connectivity index (χ2n) is 9.38. The molecule has 1 N–H and O–H groups in total. The first-order valence-electron chi connectivity index (χ1n) is 11.5. The van der Waals surface area contributed by atoms with Gasteiger partial charge in [-0.25, -0.2) is 0 Å². The van der Waals surface area contributed by atoms with E-state index >= 15 is 0 Å². The number of likely N-dealkylation sites (tertiary alicyclic amines) is 1. The second-order valence-corrected chi connectivity index (χ2v) is 9.38. The Labute approximate surface area is 196 Å². The molecule has 1 unspecified atom stereocenters. The Morgan fingerprint density at radius 1 is 1.12 bits per heavy atom. The van der Waals surface area contributed by atoms with Gasteiger partial charge in [-0.1, -0.05) is 56.0 Å². The van der Waals surface area contributed by atoms with Crippen LogP contribution in [0.4, 0.5) is 0 Å². The van der Waals surface area contributed by atoms with Crippen molar-refractivity contribution in [1.29, 1.82) is 0 Å². The van der Waals surface area contributed by atoms with E-state index < -0.39 is 23.5 Å². The van der Waals surface area contributed by atoms with Gasteiger partial charge >= 0.3 is 0 Å². The van der Waals surface area contributed by atoms with Gasteiger partial charge in [0.25, 0.3) is 5.91 Å². The summed E-state index contributed by atoms with van der Waals surface area (Å²) in [6.07, 6.45) is 0.743. The average molecular weight is 451 g/mol. The van der Waals surface area contributed by atoms with Gasteiger partial charge in [-0.15, -0.1) is 0 Å². The van der Waals surface area contributed by atoms with Crippen molar-refractivity contribution < 1.29 is 24.3 Å². The van der Waals surface area contributed by atoms with E-state index in [0.29, 0.717) is 30.4 Å². The lowest BCUT2D eigenvalue weighted by atomic mass is 9.94. The van der Waals surface area contributed by atoms with Crippen LogP contribution in [0.5, 0.6) is 5.75 Å². The van der Waals surface area contributed by atoms with Crippen LogP contribution in [0, 0.1) is 12.8 Å². The molecule has 2 aromatic rings. The lowest BCUT2D eigenvalue weighted by Crippen LogP contribution is -3.05. The predicted octanol–water partition coefficient (Wildman–Crippen LogP) is 1.79. The summed E-state index contributed by atoms with van der Waals surface area (Å²) in [4.78, 5) is 28.9. The number of rotatable bonds is 9. The Morgan fingerprint density at radius 2 is 1.82 bits per heavy atom. The van der Waals surface area contributed by atoms with Crippen molar-refractivity contribution in [2.75, 3.05) is 33.8 Å². The number of nitrogens with zero attached hydrogens (tertiary/aromatic N) is 1. The first kappa shape index (κ1) is 24.5. The normalized spacial score (nSPS) is 17.9. The molecule has 6 nitrogen and oxygen atoms in total. The van der Waals surface area contributed by atoms with Crippen LogP contribution in [0.2, 0.25) is 0 Å². The molecule has 33 heavy (non-hydrogen) atoms. The van der Waals surface area contributed by atoms with E-state index in [1.54, 1.807) is 17.0 Å². The lowest BCUT2D eigenvalue weighted by molar-refractivity contribution is -0.858. The first-order valence-corrected chi connectivity index (χ1v) is 11.5. The minimum absolute atomic E-state index is 0.0300. The molecule has 0 bridgehead atoms. The summed E-state index contributed by atoms with van der Waals surface area (Å²) in [7, 11) is 4.09. The Balaban J connectivity index is 2.02. The molecule has 1 saturated heterocycles. The molecule has 3 rings (SSSR count). The Morgan fingerprint density at radius 3 is 2.42 bits per heavy atom. The highest BCUT2D eigenvalue weighted by molar-refractivity contribution is 6.46. The summed E-state index contributed by atoms with van der Waals surface area (Å²) in [5, 5.41) is 13.6. The average Bonchev–Trinajstić information content (AvgIpc) is 3.02. The van der Waals surface area contributed by atoms with Crippen LogP contribution < -0.4 is 14.7 Å². The molecule has 1 aliphatic heterocycles. The fourth-order valence-electron chi connectivity index (χ4n) is 4.07. The maximum absolute atomic E-state index is 13.6. The first-order chi connectivity index (χ1) is 15.7. The van der Waals surface area contributed by atoms with Crippen molar-refractivity contribution in [3.05, 3.63) is 70.8 Å². The molecule has 2 aromatic carbocycles. The summed E-state index contributed by atoms with van der Waals surface area (Å²) in [6, 6.07) is 13.9. The molecule has 0 radical (unpaired) electrons. The van der Waals surface area contributed by atoms with Gasteiger partial charge in [-0.05, 0) is 41.7 Å². The van der Waals surface area contributed by atoms with Crippen molar-refractivity contribution >= 4 is 17.4 Å². The molecule has 1 heterocycles. The Kier molecular flexibility index (Phi) is 7.92. The number of quaternary nitrogens is 1. The fraction of sp³-hybridized carbons (Fsp3) is 0.407. The predicted molar refractivity (Wildman–Crippen MR) is 127 cm³/mol. The zero-order chi connectivity index (χ0) is 24.1. The Bertz CT molecular complexity index is 1030. The highest BCUT2D eigenvalue weighted by Crippen LogP contribution is 2.39. The van der Waals surface area contributed by atoms with E-state index in [2.05, 4.69) is 13.8 Å². The van der Waals surface area contributed by atoms with Gasteiger partial charge in [0.05, 0.1) is 33.3 Å². The molecule has 0 spiro atoms. The number of ether oxygens (including phenoxy) is 1. The molecule has 6 heteroatoms. The van der Waals surface area contributed by atoms with Crippen LogP contribution in [0.15, 0.2) is 54.1 Å². The van der Waals surface area contributed by atoms with E-state index in [1.807, 2.05) is 57.4 Å². The van der Waals surface area contributed by atoms with Gasteiger partial charge in [0.15, 0.2) is 0 Å². The van der Waals surface area contributed by atoms with Gasteiger partial charge < -0.3 is 19.6 Å². The monoisotopic (exact) mass is 450 g/mol. The molecule has 1 amide bonds. The third kappa shape index (κ3) is 5.63. The standard InChI is InChI=1S/C27H34N2O4/c1-18(2)17-33-21-12-13-22(19(3)16-21)25(30)23-24(20-10-7-6-8-11-20)29(27(32)26(23)31)15-9-14-28(4)5/h6-8,10-13,16,18,24,30H,9,14-15,17H2,1-5H3/b25-23+. The van der Waals surface area contributed by atoms with Crippen LogP contribution in [-0.4, -0.2) is 50.4 Å². The number of amides is 1. The van der Waals surface area contributed by atoms with Crippen LogP contribution in [0.3, 0.4) is 0 Å². The molecule has 1 fully saturated rings. The van der Waals surface area contributed by atoms with Gasteiger partial charge in [-0.3, -0.25) is 9.59 Å². The zero-order valence-electron chi connectivity index (χ0n) is 20.2. The zero-order valence-corrected chi connectivity index (χ0v) is 20.2. The van der Waals surface area contributed by atoms with Gasteiger partial charge in [0.2, 0.25) is 5.78 Å². The number of Topliss-reactive ketones (excluding diaryl/α,β-unsaturated/α-hetero) is 1. The number of carbonyl (C=O) groups excluding carboxylic acids is 2. The summed E-state index contributed by atoms with van der Waals surface area (Å²) < 4.78 is 5.77. The summed E-state index contributed by atoms with van der Waals surface area (Å²) in [5.41, 5.74) is 1.94. The van der Waals surface area contributed by atoms with Crippen LogP contribution >= 0.6 is 0 Å². The molecule has 0 aromatic heterocycles. The van der Waals surface area contributed by atoms with E-state index in [4.69, 9.17) is 4.74 Å². The molecule has 0 aliphatic carbocycles. The van der Waals surface area contributed by atoms with E-state index in [1.165, 1.54) is 4.90 Å². The van der Waals surface area contributed by atoms with Crippen molar-refractivity contribution in [1.82, 2.24) is 4.90 Å². The topological polar surface area (TPSA) is 74.1 Å². The van der Waals surface area contributed by atoms with Crippen molar-refractivity contribution in [2.24, 2.45) is 5.92 Å². The maximum Gasteiger partial charge on any atom is 0.295 e. The summed E-state index contributed by atoms with van der Waals surface area (Å²) in [5.74, 6) is -0.628. The third-order valence-corrected chi connectivity index (χ3v) is 5.75. The highest BCUT2D eigenvalue weighted by Gasteiger charge is 2.43. The summed E-state index contributed by atoms with van der Waals surface area (Å²) >= 11 is 0. The lowest BCUT2D eigenvalue weighted by Gasteiger charge is -2.28. The smallest absolute Gasteiger partial charge is 0.295 e. The van der Waals surface area contributed by atoms with Gasteiger partial charge in [-0.2, -0.15) is 0 Å². The largest absolute Gasteiger partial charge is 0.872 e. The summed E-state index contributed by atoms with van der Waals surface area (Å²) in [6.45, 7) is 7.83. The van der Waals surface area contributed by atoms with E-state index in [-0.39, 0.29) is 5.57 Å². The fourth-order valence-corrected chi connectivity index (χ4v) is 4.07. The van der Waals surface area contributed by atoms with Crippen LogP contribution in [-0.2, 0) is 9.59 Å². The number of hydrogen-bond acceptors (Lipinski definition) is 4. The van der Waals surface area contributed by atoms with E-state index in [9.17, 15) is 14.7 Å². The van der Waals surface area contributed by atoms with Gasteiger partial charge in [0, 0.05) is 18.5 Å². The molecule has 176 valence electrons. The number of ketones is 1. The molecule has 1 atom stereocenters. The molecular weight excluding hydrogens is 416 g/mol. The van der Waals surface area contributed by atoms with E-state index in [0.717, 1.165) is 24.1 Å². The van der Waals surface area contributed by atoms with Crippen molar-refractivity contribution in [3.8, 4) is 5.75 Å². The quantitative estimate of drug-likeness (QED) is 0.359. The van der Waals surface area contributed by atoms with Crippen LogP contribution in [0.25, 0.3) is 5.76 Å². The van der Waals surface area contributed by atoms with Crippen molar-refractivity contribution in [2.45, 2.75) is 33.2 Å².